The Labute approximate surface area is 136 Å². The fourth-order valence-electron chi connectivity index (χ4n) is 1.92. The summed E-state index contributed by atoms with van der Waals surface area (Å²) in [6, 6.07) is 13.5. The van der Waals surface area contributed by atoms with Crippen LogP contribution >= 0.6 is 0 Å². The molecule has 0 aliphatic heterocycles. The predicted molar refractivity (Wildman–Crippen MR) is 87.7 cm³/mol. The Hall–Kier alpha value is -2.62. The zero-order valence-electron chi connectivity index (χ0n) is 13.5. The third kappa shape index (κ3) is 4.95. The van der Waals surface area contributed by atoms with E-state index in [2.05, 4.69) is 0 Å². The second kappa shape index (κ2) is 7.58. The number of carbonyl (C=O) groups excluding carboxylic acids is 2. The summed E-state index contributed by atoms with van der Waals surface area (Å²) >= 11 is 0. The molecule has 0 heterocycles. The lowest BCUT2D eigenvalue weighted by atomic mass is 10.1. The Morgan fingerprint density at radius 3 is 2.26 bits per heavy atom. The molecule has 2 rings (SSSR count). The van der Waals surface area contributed by atoms with Crippen LogP contribution < -0.4 is 4.74 Å². The quantitative estimate of drug-likeness (QED) is 0.618. The third-order valence-corrected chi connectivity index (χ3v) is 3.10. The van der Waals surface area contributed by atoms with Crippen molar-refractivity contribution < 1.29 is 19.1 Å². The normalized spacial score (nSPS) is 10.4. The van der Waals surface area contributed by atoms with Crippen molar-refractivity contribution >= 4 is 11.9 Å². The Morgan fingerprint density at radius 2 is 1.65 bits per heavy atom. The molecule has 0 amide bonds. The van der Waals surface area contributed by atoms with Crippen molar-refractivity contribution in [2.24, 2.45) is 5.92 Å². The van der Waals surface area contributed by atoms with E-state index in [1.165, 1.54) is 0 Å². The molecule has 0 bridgehead atoms. The zero-order valence-corrected chi connectivity index (χ0v) is 13.5. The van der Waals surface area contributed by atoms with Crippen LogP contribution in [0.2, 0.25) is 0 Å². The minimum Gasteiger partial charge on any atom is -0.462 e. The van der Waals surface area contributed by atoms with Crippen LogP contribution in [-0.2, 0) is 4.74 Å². The van der Waals surface area contributed by atoms with Gasteiger partial charge in [0, 0.05) is 0 Å². The van der Waals surface area contributed by atoms with E-state index in [0.29, 0.717) is 23.5 Å². The molecule has 0 fully saturated rings. The van der Waals surface area contributed by atoms with E-state index in [9.17, 15) is 9.59 Å². The maximum absolute atomic E-state index is 12.0. The fourth-order valence-corrected chi connectivity index (χ4v) is 1.92. The van der Waals surface area contributed by atoms with Gasteiger partial charge in [-0.3, -0.25) is 0 Å². The number of esters is 2. The van der Waals surface area contributed by atoms with Gasteiger partial charge in [0.1, 0.15) is 5.75 Å². The van der Waals surface area contributed by atoms with Gasteiger partial charge in [-0.2, -0.15) is 0 Å². The topological polar surface area (TPSA) is 52.6 Å². The smallest absolute Gasteiger partial charge is 0.343 e. The van der Waals surface area contributed by atoms with Gasteiger partial charge in [0.2, 0.25) is 0 Å². The summed E-state index contributed by atoms with van der Waals surface area (Å²) in [7, 11) is 0. The zero-order chi connectivity index (χ0) is 16.8. The first-order valence-corrected chi connectivity index (χ1v) is 7.51. The van der Waals surface area contributed by atoms with Gasteiger partial charge in [0.15, 0.2) is 0 Å². The molecule has 0 aromatic heterocycles. The molecule has 23 heavy (non-hydrogen) atoms. The molecule has 0 spiro atoms. The molecule has 0 saturated heterocycles. The summed E-state index contributed by atoms with van der Waals surface area (Å²) in [6.07, 6.45) is 0. The predicted octanol–water partition coefficient (Wildman–Crippen LogP) is 4.03. The van der Waals surface area contributed by atoms with Gasteiger partial charge in [0.25, 0.3) is 0 Å². The number of hydrogen-bond donors (Lipinski definition) is 0. The van der Waals surface area contributed by atoms with E-state index in [0.717, 1.165) is 5.56 Å². The van der Waals surface area contributed by atoms with Crippen molar-refractivity contribution in [3.63, 3.8) is 0 Å². The number of carbonyl (C=O) groups is 2. The number of aryl methyl sites for hydroxylation is 1. The molecule has 2 aromatic carbocycles. The Kier molecular flexibility index (Phi) is 5.52. The summed E-state index contributed by atoms with van der Waals surface area (Å²) in [6.45, 7) is 6.24. The highest BCUT2D eigenvalue weighted by molar-refractivity contribution is 5.92. The van der Waals surface area contributed by atoms with Gasteiger partial charge >= 0.3 is 11.9 Å². The summed E-state index contributed by atoms with van der Waals surface area (Å²) in [4.78, 5) is 23.9. The number of ether oxygens (including phenoxy) is 2. The number of benzene rings is 2. The van der Waals surface area contributed by atoms with Crippen molar-refractivity contribution in [1.82, 2.24) is 0 Å². The highest BCUT2D eigenvalue weighted by Gasteiger charge is 2.11. The molecule has 4 heteroatoms. The SMILES string of the molecule is Cc1cccc(C(=O)Oc2ccc(C(=O)OCC(C)C)cc2)c1. The first-order valence-electron chi connectivity index (χ1n) is 7.51. The van der Waals surface area contributed by atoms with Crippen LogP contribution in [0.4, 0.5) is 0 Å². The van der Waals surface area contributed by atoms with Crippen LogP contribution in [0, 0.1) is 12.8 Å². The maximum atomic E-state index is 12.0. The molecule has 4 nitrogen and oxygen atoms in total. The average molecular weight is 312 g/mol. The molecule has 0 radical (unpaired) electrons. The van der Waals surface area contributed by atoms with Gasteiger partial charge in [0.05, 0.1) is 17.7 Å². The van der Waals surface area contributed by atoms with E-state index >= 15 is 0 Å². The molecule has 0 aliphatic carbocycles. The van der Waals surface area contributed by atoms with Crippen molar-refractivity contribution in [1.29, 1.82) is 0 Å². The van der Waals surface area contributed by atoms with Crippen molar-refractivity contribution in [2.45, 2.75) is 20.8 Å². The largest absolute Gasteiger partial charge is 0.462 e. The van der Waals surface area contributed by atoms with Crippen LogP contribution in [-0.4, -0.2) is 18.5 Å². The van der Waals surface area contributed by atoms with Crippen molar-refractivity contribution in [3.8, 4) is 5.75 Å². The highest BCUT2D eigenvalue weighted by Crippen LogP contribution is 2.16. The molecule has 2 aromatic rings. The molecule has 0 saturated carbocycles. The number of hydrogen-bond acceptors (Lipinski definition) is 4. The van der Waals surface area contributed by atoms with Crippen LogP contribution in [0.1, 0.15) is 40.1 Å². The molecule has 0 aliphatic rings. The van der Waals surface area contributed by atoms with E-state index in [1.54, 1.807) is 42.5 Å². The lowest BCUT2D eigenvalue weighted by Gasteiger charge is -2.08. The van der Waals surface area contributed by atoms with E-state index in [1.807, 2.05) is 26.8 Å². The molecule has 0 N–H and O–H groups in total. The van der Waals surface area contributed by atoms with Crippen LogP contribution in [0.5, 0.6) is 5.75 Å². The second-order valence-corrected chi connectivity index (χ2v) is 5.78. The summed E-state index contributed by atoms with van der Waals surface area (Å²) in [5, 5.41) is 0. The van der Waals surface area contributed by atoms with Crippen LogP contribution in [0.15, 0.2) is 48.5 Å². The minimum absolute atomic E-state index is 0.286. The minimum atomic E-state index is -0.427. The van der Waals surface area contributed by atoms with Crippen molar-refractivity contribution in [3.05, 3.63) is 65.2 Å². The van der Waals surface area contributed by atoms with E-state index in [-0.39, 0.29) is 11.9 Å². The Morgan fingerprint density at radius 1 is 0.957 bits per heavy atom. The maximum Gasteiger partial charge on any atom is 0.343 e. The summed E-state index contributed by atoms with van der Waals surface area (Å²) in [5.41, 5.74) is 1.91. The average Bonchev–Trinajstić information content (AvgIpc) is 2.53. The monoisotopic (exact) mass is 312 g/mol. The van der Waals surface area contributed by atoms with E-state index in [4.69, 9.17) is 9.47 Å². The van der Waals surface area contributed by atoms with Gasteiger partial charge in [-0.25, -0.2) is 9.59 Å². The number of rotatable bonds is 5. The van der Waals surface area contributed by atoms with Crippen LogP contribution in [0.25, 0.3) is 0 Å². The molecule has 0 atom stereocenters. The summed E-state index contributed by atoms with van der Waals surface area (Å²) < 4.78 is 10.4. The third-order valence-electron chi connectivity index (χ3n) is 3.10. The molecule has 0 unspecified atom stereocenters. The van der Waals surface area contributed by atoms with Gasteiger partial charge < -0.3 is 9.47 Å². The van der Waals surface area contributed by atoms with Gasteiger partial charge in [-0.15, -0.1) is 0 Å². The molecular weight excluding hydrogens is 292 g/mol. The molecule has 120 valence electrons. The lowest BCUT2D eigenvalue weighted by molar-refractivity contribution is 0.0459. The first kappa shape index (κ1) is 16.7. The van der Waals surface area contributed by atoms with Gasteiger partial charge in [-0.1, -0.05) is 31.5 Å². The first-order chi connectivity index (χ1) is 11.0. The molecular formula is C19H20O4. The Bertz CT molecular complexity index is 687. The van der Waals surface area contributed by atoms with Crippen LogP contribution in [0.3, 0.4) is 0 Å². The van der Waals surface area contributed by atoms with Crippen molar-refractivity contribution in [2.75, 3.05) is 6.61 Å². The summed E-state index contributed by atoms with van der Waals surface area (Å²) in [5.74, 6) is -0.135. The van der Waals surface area contributed by atoms with E-state index < -0.39 is 5.97 Å². The standard InChI is InChI=1S/C19H20O4/c1-13(2)12-22-18(20)15-7-9-17(10-8-15)23-19(21)16-6-4-5-14(3)11-16/h4-11,13H,12H2,1-3H3. The lowest BCUT2D eigenvalue weighted by Crippen LogP contribution is -2.11. The van der Waals surface area contributed by atoms with Gasteiger partial charge in [-0.05, 0) is 49.2 Å². The highest BCUT2D eigenvalue weighted by atomic mass is 16.5. The second-order valence-electron chi connectivity index (χ2n) is 5.78. The fraction of sp³-hybridized carbons (Fsp3) is 0.263. The Balaban J connectivity index is 1.99.